The Kier molecular flexibility index (Phi) is 3.91. The number of hydrogen-bond acceptors (Lipinski definition) is 3. The molecule has 5 nitrogen and oxygen atoms in total. The predicted molar refractivity (Wildman–Crippen MR) is 83.0 cm³/mol. The zero-order valence-corrected chi connectivity index (χ0v) is 13.0. The number of aromatic nitrogens is 1. The Morgan fingerprint density at radius 2 is 2.14 bits per heavy atom. The molecule has 1 aromatic heterocycles. The summed E-state index contributed by atoms with van der Waals surface area (Å²) in [5.41, 5.74) is 1.04. The van der Waals surface area contributed by atoms with Crippen molar-refractivity contribution >= 4 is 39.2 Å². The van der Waals surface area contributed by atoms with Gasteiger partial charge in [0.15, 0.2) is 4.80 Å². The number of carboxylic acid groups (broad SMARTS) is 1. The summed E-state index contributed by atoms with van der Waals surface area (Å²) in [5, 5.41) is 17.8. The molecule has 0 atom stereocenters. The number of carbonyl (C=O) groups is 1. The molecule has 0 bridgehead atoms. The van der Waals surface area contributed by atoms with Crippen molar-refractivity contribution in [2.75, 3.05) is 13.1 Å². The van der Waals surface area contributed by atoms with Gasteiger partial charge in [-0.05, 0) is 37.0 Å². The third-order valence-corrected chi connectivity index (χ3v) is 5.19. The lowest BCUT2D eigenvalue weighted by Crippen LogP contribution is -2.38. The fourth-order valence-electron chi connectivity index (χ4n) is 2.81. The molecule has 2 heterocycles. The van der Waals surface area contributed by atoms with Crippen molar-refractivity contribution < 1.29 is 9.90 Å². The molecule has 0 saturated carbocycles. The van der Waals surface area contributed by atoms with Crippen LogP contribution >= 0.6 is 22.9 Å². The summed E-state index contributed by atoms with van der Waals surface area (Å²) in [5.74, 6) is 0.420. The molecule has 112 valence electrons. The number of thiazole rings is 1. The number of fused-ring (bicyclic) bond motifs is 1. The standard InChI is InChI=1S/C14H16ClN3O2S/c15-10-1-2-11-12(7-10)21-13(16)18(11)8-9-3-5-17(6-4-9)14(19)20/h1-2,7,9,16H,3-6,8H2,(H,19,20). The minimum absolute atomic E-state index is 0.420. The number of benzene rings is 1. The number of hydrogen-bond donors (Lipinski definition) is 2. The maximum Gasteiger partial charge on any atom is 0.407 e. The van der Waals surface area contributed by atoms with Gasteiger partial charge in [-0.15, -0.1) is 0 Å². The van der Waals surface area contributed by atoms with Gasteiger partial charge in [-0.3, -0.25) is 5.41 Å². The molecule has 1 aromatic carbocycles. The van der Waals surface area contributed by atoms with Crippen molar-refractivity contribution in [2.45, 2.75) is 19.4 Å². The average Bonchev–Trinajstić information content (AvgIpc) is 2.75. The Morgan fingerprint density at radius 3 is 2.81 bits per heavy atom. The van der Waals surface area contributed by atoms with Crippen LogP contribution in [-0.4, -0.2) is 33.8 Å². The third-order valence-electron chi connectivity index (χ3n) is 3.99. The van der Waals surface area contributed by atoms with Crippen LogP contribution in [0.3, 0.4) is 0 Å². The van der Waals surface area contributed by atoms with Crippen LogP contribution in [-0.2, 0) is 6.54 Å². The normalized spacial score (nSPS) is 16.5. The van der Waals surface area contributed by atoms with Crippen LogP contribution in [0.4, 0.5) is 4.79 Å². The Labute approximate surface area is 130 Å². The fraction of sp³-hybridized carbons (Fsp3) is 0.429. The highest BCUT2D eigenvalue weighted by Crippen LogP contribution is 2.25. The lowest BCUT2D eigenvalue weighted by molar-refractivity contribution is 0.121. The van der Waals surface area contributed by atoms with Crippen LogP contribution in [0.5, 0.6) is 0 Å². The second-order valence-corrected chi connectivity index (χ2v) is 6.81. The highest BCUT2D eigenvalue weighted by Gasteiger charge is 2.23. The van der Waals surface area contributed by atoms with Crippen LogP contribution in [0.2, 0.25) is 5.02 Å². The van der Waals surface area contributed by atoms with Crippen molar-refractivity contribution in [3.05, 3.63) is 28.0 Å². The third kappa shape index (κ3) is 2.91. The zero-order chi connectivity index (χ0) is 15.0. The van der Waals surface area contributed by atoms with Crippen LogP contribution < -0.4 is 4.80 Å². The topological polar surface area (TPSA) is 69.3 Å². The van der Waals surface area contributed by atoms with Crippen molar-refractivity contribution in [3.8, 4) is 0 Å². The van der Waals surface area contributed by atoms with Gasteiger partial charge < -0.3 is 14.6 Å². The monoisotopic (exact) mass is 325 g/mol. The second-order valence-electron chi connectivity index (χ2n) is 5.34. The van der Waals surface area contributed by atoms with E-state index in [-0.39, 0.29) is 0 Å². The largest absolute Gasteiger partial charge is 0.465 e. The minimum Gasteiger partial charge on any atom is -0.465 e. The SMILES string of the molecule is N=c1sc2cc(Cl)ccc2n1CC1CCN(C(=O)O)CC1. The van der Waals surface area contributed by atoms with Crippen molar-refractivity contribution in [3.63, 3.8) is 0 Å². The Hall–Kier alpha value is -1.53. The summed E-state index contributed by atoms with van der Waals surface area (Å²) >= 11 is 7.42. The molecule has 0 unspecified atom stereocenters. The fourth-order valence-corrected chi connectivity index (χ4v) is 4.00. The van der Waals surface area contributed by atoms with Crippen LogP contribution in [0.25, 0.3) is 10.2 Å². The highest BCUT2D eigenvalue weighted by atomic mass is 35.5. The van der Waals surface area contributed by atoms with Crippen LogP contribution in [0, 0.1) is 11.3 Å². The molecule has 21 heavy (non-hydrogen) atoms. The van der Waals surface area contributed by atoms with Gasteiger partial charge in [-0.1, -0.05) is 22.9 Å². The summed E-state index contributed by atoms with van der Waals surface area (Å²) in [4.78, 5) is 12.9. The Balaban J connectivity index is 1.78. The first-order chi connectivity index (χ1) is 10.0. The Bertz CT molecular complexity index is 731. The summed E-state index contributed by atoms with van der Waals surface area (Å²) in [7, 11) is 0. The first-order valence-corrected chi connectivity index (χ1v) is 8.05. The van der Waals surface area contributed by atoms with E-state index in [1.807, 2.05) is 22.8 Å². The molecule has 0 aliphatic carbocycles. The number of halogens is 1. The van der Waals surface area contributed by atoms with E-state index in [2.05, 4.69) is 0 Å². The van der Waals surface area contributed by atoms with E-state index in [0.717, 1.165) is 29.6 Å². The molecule has 0 radical (unpaired) electrons. The summed E-state index contributed by atoms with van der Waals surface area (Å²) in [6.45, 7) is 1.94. The van der Waals surface area contributed by atoms with E-state index < -0.39 is 6.09 Å². The van der Waals surface area contributed by atoms with Crippen molar-refractivity contribution in [1.29, 1.82) is 5.41 Å². The number of amides is 1. The Morgan fingerprint density at radius 1 is 1.43 bits per heavy atom. The first kappa shape index (κ1) is 14.4. The molecule has 1 saturated heterocycles. The van der Waals surface area contributed by atoms with E-state index >= 15 is 0 Å². The van der Waals surface area contributed by atoms with E-state index in [0.29, 0.717) is 28.8 Å². The van der Waals surface area contributed by atoms with Gasteiger partial charge in [-0.25, -0.2) is 4.79 Å². The van der Waals surface area contributed by atoms with Crippen molar-refractivity contribution in [2.24, 2.45) is 5.92 Å². The van der Waals surface area contributed by atoms with Gasteiger partial charge in [0.1, 0.15) is 0 Å². The van der Waals surface area contributed by atoms with E-state index in [1.54, 1.807) is 0 Å². The van der Waals surface area contributed by atoms with Gasteiger partial charge in [0.25, 0.3) is 0 Å². The molecule has 3 rings (SSSR count). The smallest absolute Gasteiger partial charge is 0.407 e. The molecule has 1 amide bonds. The lowest BCUT2D eigenvalue weighted by atomic mass is 9.97. The predicted octanol–water partition coefficient (Wildman–Crippen LogP) is 3.23. The highest BCUT2D eigenvalue weighted by molar-refractivity contribution is 7.16. The molecule has 1 aliphatic heterocycles. The first-order valence-electron chi connectivity index (χ1n) is 6.86. The van der Waals surface area contributed by atoms with Crippen LogP contribution in [0.1, 0.15) is 12.8 Å². The summed E-state index contributed by atoms with van der Waals surface area (Å²) in [6.07, 6.45) is 0.866. The number of nitrogens with one attached hydrogen (secondary N) is 1. The summed E-state index contributed by atoms with van der Waals surface area (Å²) in [6, 6.07) is 5.70. The summed E-state index contributed by atoms with van der Waals surface area (Å²) < 4.78 is 3.03. The molecule has 0 spiro atoms. The maximum atomic E-state index is 10.9. The van der Waals surface area contributed by atoms with Gasteiger partial charge in [0.2, 0.25) is 0 Å². The zero-order valence-electron chi connectivity index (χ0n) is 11.4. The number of likely N-dealkylation sites (tertiary alicyclic amines) is 1. The average molecular weight is 326 g/mol. The van der Waals surface area contributed by atoms with Gasteiger partial charge in [0, 0.05) is 24.7 Å². The molecule has 7 heteroatoms. The van der Waals surface area contributed by atoms with E-state index in [1.165, 1.54) is 16.2 Å². The van der Waals surface area contributed by atoms with Gasteiger partial charge in [-0.2, -0.15) is 0 Å². The molecule has 1 fully saturated rings. The molecular weight excluding hydrogens is 310 g/mol. The second kappa shape index (κ2) is 5.69. The molecule has 1 aliphatic rings. The van der Waals surface area contributed by atoms with E-state index in [9.17, 15) is 4.79 Å². The van der Waals surface area contributed by atoms with Crippen LogP contribution in [0.15, 0.2) is 18.2 Å². The lowest BCUT2D eigenvalue weighted by Gasteiger charge is -2.30. The molecular formula is C14H16ClN3O2S. The van der Waals surface area contributed by atoms with Gasteiger partial charge in [0.05, 0.1) is 10.2 Å². The molecule has 2 aromatic rings. The van der Waals surface area contributed by atoms with Crippen molar-refractivity contribution in [1.82, 2.24) is 9.47 Å². The minimum atomic E-state index is -0.835. The number of rotatable bonds is 2. The van der Waals surface area contributed by atoms with E-state index in [4.69, 9.17) is 22.1 Å². The molecule has 2 N–H and O–H groups in total. The quantitative estimate of drug-likeness (QED) is 0.890. The van der Waals surface area contributed by atoms with Gasteiger partial charge >= 0.3 is 6.09 Å². The number of nitrogens with zero attached hydrogens (tertiary/aromatic N) is 2. The number of piperidine rings is 1. The maximum absolute atomic E-state index is 10.9.